The van der Waals surface area contributed by atoms with E-state index in [1.807, 2.05) is 0 Å². The molecule has 3 aromatic rings. The summed E-state index contributed by atoms with van der Waals surface area (Å²) in [5, 5.41) is 3.04. The van der Waals surface area contributed by atoms with Gasteiger partial charge in [0.15, 0.2) is 11.5 Å². The Morgan fingerprint density at radius 2 is 1.53 bits per heavy atom. The summed E-state index contributed by atoms with van der Waals surface area (Å²) in [6, 6.07) is 17.3. The number of hydrogen-bond acceptors (Lipinski definition) is 5. The summed E-state index contributed by atoms with van der Waals surface area (Å²) in [6.07, 6.45) is 0. The van der Waals surface area contributed by atoms with E-state index in [0.29, 0.717) is 46.7 Å². The molecule has 0 spiro atoms. The maximum absolute atomic E-state index is 12.6. The Bertz CT molecular complexity index is 1180. The highest BCUT2D eigenvalue weighted by Gasteiger charge is 2.17. The summed E-state index contributed by atoms with van der Waals surface area (Å²) < 4.78 is 38.2. The molecule has 0 atom stereocenters. The number of anilines is 2. The van der Waals surface area contributed by atoms with Crippen LogP contribution in [0.2, 0.25) is 5.02 Å². The van der Waals surface area contributed by atoms with Gasteiger partial charge in [-0.15, -0.1) is 0 Å². The number of hydrogen-bond donors (Lipinski definition) is 2. The summed E-state index contributed by atoms with van der Waals surface area (Å²) in [4.78, 5) is 12.7. The first-order chi connectivity index (χ1) is 14.4. The molecule has 2 N–H and O–H groups in total. The second-order valence-corrected chi connectivity index (χ2v) is 8.52. The van der Waals surface area contributed by atoms with Gasteiger partial charge >= 0.3 is 0 Å². The van der Waals surface area contributed by atoms with E-state index in [1.165, 1.54) is 36.4 Å². The fraction of sp³-hybridized carbons (Fsp3) is 0.0952. The summed E-state index contributed by atoms with van der Waals surface area (Å²) in [7, 11) is -3.70. The van der Waals surface area contributed by atoms with Gasteiger partial charge in [-0.2, -0.15) is 0 Å². The highest BCUT2D eigenvalue weighted by Crippen LogP contribution is 2.38. The van der Waals surface area contributed by atoms with Gasteiger partial charge in [-0.05, 0) is 36.4 Å². The van der Waals surface area contributed by atoms with Gasteiger partial charge in [-0.1, -0.05) is 29.8 Å². The summed E-state index contributed by atoms with van der Waals surface area (Å²) in [5.41, 5.74) is 1.07. The van der Waals surface area contributed by atoms with Crippen LogP contribution in [0.15, 0.2) is 71.6 Å². The van der Waals surface area contributed by atoms with Gasteiger partial charge < -0.3 is 14.8 Å². The lowest BCUT2D eigenvalue weighted by atomic mass is 10.2. The SMILES string of the molecule is O=C(Nc1cc2c(cc1Cl)OCCO2)c1ccc(NS(=O)(=O)c2ccccc2)cc1. The molecule has 1 heterocycles. The molecule has 4 rings (SSSR count). The lowest BCUT2D eigenvalue weighted by Crippen LogP contribution is -2.17. The van der Waals surface area contributed by atoms with E-state index in [9.17, 15) is 13.2 Å². The molecule has 30 heavy (non-hydrogen) atoms. The Hall–Kier alpha value is -3.23. The van der Waals surface area contributed by atoms with Gasteiger partial charge in [-0.3, -0.25) is 9.52 Å². The number of nitrogens with one attached hydrogen (secondary N) is 2. The average molecular weight is 445 g/mol. The maximum Gasteiger partial charge on any atom is 0.261 e. The molecule has 0 bridgehead atoms. The van der Waals surface area contributed by atoms with Crippen molar-refractivity contribution in [3.63, 3.8) is 0 Å². The summed E-state index contributed by atoms with van der Waals surface area (Å²) in [6.45, 7) is 0.859. The van der Waals surface area contributed by atoms with Crippen molar-refractivity contribution in [2.24, 2.45) is 0 Å². The van der Waals surface area contributed by atoms with E-state index in [0.717, 1.165) is 0 Å². The first-order valence-electron chi connectivity index (χ1n) is 9.01. The second kappa shape index (κ2) is 8.25. The predicted octanol–water partition coefficient (Wildman–Crippen LogP) is 4.16. The van der Waals surface area contributed by atoms with Crippen LogP contribution in [0.4, 0.5) is 11.4 Å². The van der Waals surface area contributed by atoms with Crippen molar-refractivity contribution >= 4 is 38.9 Å². The Morgan fingerprint density at radius 1 is 0.900 bits per heavy atom. The van der Waals surface area contributed by atoms with Crippen LogP contribution < -0.4 is 19.5 Å². The van der Waals surface area contributed by atoms with E-state index in [4.69, 9.17) is 21.1 Å². The summed E-state index contributed by atoms with van der Waals surface area (Å²) in [5.74, 6) is 0.636. The van der Waals surface area contributed by atoms with Crippen LogP contribution in [0.5, 0.6) is 11.5 Å². The largest absolute Gasteiger partial charge is 0.486 e. The lowest BCUT2D eigenvalue weighted by molar-refractivity contribution is 0.102. The number of rotatable bonds is 5. The Morgan fingerprint density at radius 3 is 2.20 bits per heavy atom. The van der Waals surface area contributed by atoms with Gasteiger partial charge in [0.2, 0.25) is 0 Å². The highest BCUT2D eigenvalue weighted by molar-refractivity contribution is 7.92. The van der Waals surface area contributed by atoms with Crippen LogP contribution in [-0.4, -0.2) is 27.5 Å². The van der Waals surface area contributed by atoms with Gasteiger partial charge in [0.25, 0.3) is 15.9 Å². The highest BCUT2D eigenvalue weighted by atomic mass is 35.5. The van der Waals surface area contributed by atoms with Crippen LogP contribution in [0.3, 0.4) is 0 Å². The third kappa shape index (κ3) is 4.34. The fourth-order valence-electron chi connectivity index (χ4n) is 2.86. The molecule has 1 aliphatic heterocycles. The monoisotopic (exact) mass is 444 g/mol. The van der Waals surface area contributed by atoms with Gasteiger partial charge in [0, 0.05) is 23.4 Å². The minimum atomic E-state index is -3.70. The molecule has 0 saturated carbocycles. The minimum Gasteiger partial charge on any atom is -0.486 e. The van der Waals surface area contributed by atoms with Crippen LogP contribution in [0.1, 0.15) is 10.4 Å². The molecule has 3 aromatic carbocycles. The molecule has 1 aliphatic rings. The third-order valence-electron chi connectivity index (χ3n) is 4.33. The summed E-state index contributed by atoms with van der Waals surface area (Å²) >= 11 is 6.22. The lowest BCUT2D eigenvalue weighted by Gasteiger charge is -2.20. The molecule has 7 nitrogen and oxygen atoms in total. The van der Waals surface area contributed by atoms with E-state index in [-0.39, 0.29) is 4.90 Å². The third-order valence-corrected chi connectivity index (χ3v) is 6.04. The Kier molecular flexibility index (Phi) is 5.52. The number of amides is 1. The van der Waals surface area contributed by atoms with E-state index >= 15 is 0 Å². The molecule has 0 aliphatic carbocycles. The predicted molar refractivity (Wildman–Crippen MR) is 114 cm³/mol. The van der Waals surface area contributed by atoms with Crippen LogP contribution in [0, 0.1) is 0 Å². The van der Waals surface area contributed by atoms with Crippen LogP contribution in [0.25, 0.3) is 0 Å². The average Bonchev–Trinajstić information content (AvgIpc) is 2.75. The van der Waals surface area contributed by atoms with Crippen molar-refractivity contribution in [1.82, 2.24) is 0 Å². The minimum absolute atomic E-state index is 0.153. The van der Waals surface area contributed by atoms with Gasteiger partial charge in [0.05, 0.1) is 15.6 Å². The molecule has 0 saturated heterocycles. The van der Waals surface area contributed by atoms with Crippen molar-refractivity contribution < 1.29 is 22.7 Å². The molecular weight excluding hydrogens is 428 g/mol. The smallest absolute Gasteiger partial charge is 0.261 e. The van der Waals surface area contributed by atoms with Crippen LogP contribution >= 0.6 is 11.6 Å². The molecule has 154 valence electrons. The Balaban J connectivity index is 1.47. The maximum atomic E-state index is 12.6. The van der Waals surface area contributed by atoms with E-state index in [2.05, 4.69) is 10.0 Å². The van der Waals surface area contributed by atoms with Crippen molar-refractivity contribution in [3.05, 3.63) is 77.3 Å². The zero-order valence-corrected chi connectivity index (χ0v) is 17.2. The van der Waals surface area contributed by atoms with E-state index in [1.54, 1.807) is 30.3 Å². The molecule has 0 fully saturated rings. The molecule has 0 radical (unpaired) electrons. The molecule has 1 amide bonds. The number of sulfonamides is 1. The molecule has 0 aromatic heterocycles. The number of carbonyl (C=O) groups is 1. The first-order valence-corrected chi connectivity index (χ1v) is 10.9. The van der Waals surface area contributed by atoms with Crippen molar-refractivity contribution in [1.29, 1.82) is 0 Å². The zero-order chi connectivity index (χ0) is 21.1. The standard InChI is InChI=1S/C21H17ClN2O5S/c22-17-12-19-20(29-11-10-28-19)13-18(17)23-21(25)14-6-8-15(9-7-14)24-30(26,27)16-4-2-1-3-5-16/h1-9,12-13,24H,10-11H2,(H,23,25). The zero-order valence-electron chi connectivity index (χ0n) is 15.6. The normalized spacial score (nSPS) is 12.8. The number of benzene rings is 3. The first kappa shape index (κ1) is 20.1. The van der Waals surface area contributed by atoms with E-state index < -0.39 is 15.9 Å². The Labute approximate surface area is 178 Å². The van der Waals surface area contributed by atoms with Crippen molar-refractivity contribution in [2.45, 2.75) is 4.90 Å². The quantitative estimate of drug-likeness (QED) is 0.616. The topological polar surface area (TPSA) is 93.7 Å². The number of carbonyl (C=O) groups excluding carboxylic acids is 1. The molecule has 9 heteroatoms. The van der Waals surface area contributed by atoms with Gasteiger partial charge in [0.1, 0.15) is 13.2 Å². The van der Waals surface area contributed by atoms with Crippen molar-refractivity contribution in [2.75, 3.05) is 23.3 Å². The number of ether oxygens (including phenoxy) is 2. The molecular formula is C21H17ClN2O5S. The van der Waals surface area contributed by atoms with Gasteiger partial charge in [-0.25, -0.2) is 8.42 Å². The van der Waals surface area contributed by atoms with Crippen molar-refractivity contribution in [3.8, 4) is 11.5 Å². The fourth-order valence-corrected chi connectivity index (χ4v) is 4.14. The second-order valence-electron chi connectivity index (χ2n) is 6.43. The number of fused-ring (bicyclic) bond motifs is 1. The molecule has 0 unspecified atom stereocenters. The van der Waals surface area contributed by atoms with Crippen LogP contribution in [-0.2, 0) is 10.0 Å². The number of halogens is 1.